The fraction of sp³-hybridized carbons (Fsp3) is 0.429. The van der Waals surface area contributed by atoms with Crippen molar-refractivity contribution in [3.8, 4) is 12.3 Å². The van der Waals surface area contributed by atoms with Gasteiger partial charge in [-0.05, 0) is 51.2 Å². The van der Waals surface area contributed by atoms with Crippen LogP contribution in [0.25, 0.3) is 0 Å². The first kappa shape index (κ1) is 28.4. The molecule has 3 heterocycles. The Morgan fingerprint density at radius 3 is 2.75 bits per heavy atom. The van der Waals surface area contributed by atoms with E-state index in [4.69, 9.17) is 15.7 Å². The minimum absolute atomic E-state index is 0.00775. The van der Waals surface area contributed by atoms with E-state index >= 15 is 0 Å². The number of nitrogens with zero attached hydrogens (tertiary/aromatic N) is 2. The van der Waals surface area contributed by atoms with E-state index in [0.717, 1.165) is 23.8 Å². The molecule has 210 valence electrons. The van der Waals surface area contributed by atoms with E-state index in [-0.39, 0.29) is 42.2 Å². The number of aryl methyl sites for hydroxylation is 1. The van der Waals surface area contributed by atoms with Crippen molar-refractivity contribution in [2.75, 3.05) is 11.9 Å². The van der Waals surface area contributed by atoms with Crippen LogP contribution in [0, 0.1) is 25.2 Å². The molecule has 1 saturated carbocycles. The average molecular weight is 550 g/mol. The molecule has 4 rings (SSSR count). The molecule has 1 saturated heterocycles. The Bertz CT molecular complexity index is 1400. The quantitative estimate of drug-likeness (QED) is 0.216. The molecule has 0 aromatic carbocycles. The monoisotopic (exact) mass is 549 g/mol. The number of terminal acetylenes is 1. The molecule has 2 aliphatic rings. The molecule has 0 bridgehead atoms. The van der Waals surface area contributed by atoms with Crippen LogP contribution in [-0.2, 0) is 19.1 Å². The molecule has 3 N–H and O–H groups in total. The Kier molecular flexibility index (Phi) is 9.16. The first-order valence-electron chi connectivity index (χ1n) is 13.1. The Morgan fingerprint density at radius 1 is 1.32 bits per heavy atom. The summed E-state index contributed by atoms with van der Waals surface area (Å²) in [6.07, 6.45) is 12.9. The summed E-state index contributed by atoms with van der Waals surface area (Å²) in [5, 5.41) is 11.7. The van der Waals surface area contributed by atoms with E-state index < -0.39 is 35.4 Å². The van der Waals surface area contributed by atoms with Gasteiger partial charge in [0.05, 0.1) is 0 Å². The van der Waals surface area contributed by atoms with E-state index in [1.54, 1.807) is 6.92 Å². The first-order chi connectivity index (χ1) is 19.2. The van der Waals surface area contributed by atoms with Crippen LogP contribution in [0.4, 0.5) is 5.69 Å². The highest BCUT2D eigenvalue weighted by Crippen LogP contribution is 2.22. The van der Waals surface area contributed by atoms with Crippen molar-refractivity contribution in [2.45, 2.75) is 63.6 Å². The van der Waals surface area contributed by atoms with Gasteiger partial charge in [-0.2, -0.15) is 0 Å². The van der Waals surface area contributed by atoms with Gasteiger partial charge in [0.15, 0.2) is 5.69 Å². The molecule has 2 fully saturated rings. The molecule has 1 aliphatic carbocycles. The number of hydrogen-bond donors (Lipinski definition) is 3. The van der Waals surface area contributed by atoms with Gasteiger partial charge in [0.25, 0.3) is 11.5 Å². The van der Waals surface area contributed by atoms with Gasteiger partial charge >= 0.3 is 5.97 Å². The van der Waals surface area contributed by atoms with Crippen molar-refractivity contribution >= 4 is 29.4 Å². The van der Waals surface area contributed by atoms with E-state index in [0.29, 0.717) is 18.7 Å². The number of rotatable bonds is 11. The van der Waals surface area contributed by atoms with Gasteiger partial charge in [-0.1, -0.05) is 11.2 Å². The van der Waals surface area contributed by atoms with E-state index in [1.165, 1.54) is 36.5 Å². The van der Waals surface area contributed by atoms with Crippen molar-refractivity contribution in [3.63, 3.8) is 0 Å². The molecule has 3 amide bonds. The lowest BCUT2D eigenvalue weighted by atomic mass is 9.96. The molecule has 0 unspecified atom stereocenters. The van der Waals surface area contributed by atoms with Gasteiger partial charge in [0, 0.05) is 43.3 Å². The lowest BCUT2D eigenvalue weighted by Gasteiger charge is -2.25. The summed E-state index contributed by atoms with van der Waals surface area (Å²) in [6, 6.07) is 2.49. The highest BCUT2D eigenvalue weighted by molar-refractivity contribution is 6.02. The van der Waals surface area contributed by atoms with Crippen LogP contribution in [0.1, 0.15) is 60.8 Å². The van der Waals surface area contributed by atoms with Crippen molar-refractivity contribution in [1.29, 1.82) is 0 Å². The SMILES string of the molecule is C#CC[C@@H](C(=O)N[C@H](C=CC(=O)OC1CCC1)C[C@@H]1CCNC1=O)n1cccc(NC(=O)c2cc(C)on2)c1=O. The molecule has 3 atom stereocenters. The van der Waals surface area contributed by atoms with Crippen LogP contribution in [0.3, 0.4) is 0 Å². The fourth-order valence-corrected chi connectivity index (χ4v) is 4.47. The second kappa shape index (κ2) is 12.9. The van der Waals surface area contributed by atoms with Crippen LogP contribution in [0.15, 0.2) is 45.9 Å². The maximum atomic E-state index is 13.5. The Labute approximate surface area is 230 Å². The molecule has 12 heteroatoms. The van der Waals surface area contributed by atoms with Crippen molar-refractivity contribution in [3.05, 3.63) is 58.4 Å². The zero-order chi connectivity index (χ0) is 28.6. The smallest absolute Gasteiger partial charge is 0.330 e. The molecule has 0 spiro atoms. The number of anilines is 1. The maximum Gasteiger partial charge on any atom is 0.330 e. The third kappa shape index (κ3) is 7.05. The van der Waals surface area contributed by atoms with Crippen LogP contribution in [-0.4, -0.2) is 52.1 Å². The van der Waals surface area contributed by atoms with Gasteiger partial charge in [0.2, 0.25) is 11.8 Å². The second-order valence-electron chi connectivity index (χ2n) is 9.81. The number of carbonyl (C=O) groups is 4. The summed E-state index contributed by atoms with van der Waals surface area (Å²) in [5.41, 5.74) is -0.745. The summed E-state index contributed by atoms with van der Waals surface area (Å²) in [5.74, 6) is 0.586. The Morgan fingerprint density at radius 2 is 2.12 bits per heavy atom. The first-order valence-corrected chi connectivity index (χ1v) is 13.1. The standard InChI is InChI=1S/C28H31N5O7/c1-3-6-23(33-14-5-9-21(28(33)38)31-26(36)22-15-17(2)40-32-22)27(37)30-19(16-18-12-13-29-25(18)35)10-11-24(34)39-20-7-4-8-20/h1,5,9-11,14-15,18-20,23H,4,6-8,12-13,16H2,2H3,(H,29,35)(H,30,37)(H,31,36)/t18-,19+,23-/m0/s1. The van der Waals surface area contributed by atoms with Gasteiger partial charge in [-0.25, -0.2) is 4.79 Å². The minimum Gasteiger partial charge on any atom is -0.459 e. The molecular formula is C28H31N5O7. The van der Waals surface area contributed by atoms with Crippen LogP contribution in [0.2, 0.25) is 0 Å². The summed E-state index contributed by atoms with van der Waals surface area (Å²) in [7, 11) is 0. The predicted octanol–water partition coefficient (Wildman–Crippen LogP) is 1.62. The third-order valence-electron chi connectivity index (χ3n) is 6.86. The topological polar surface area (TPSA) is 162 Å². The number of esters is 1. The molecule has 1 aliphatic heterocycles. The third-order valence-corrected chi connectivity index (χ3v) is 6.86. The van der Waals surface area contributed by atoms with Crippen LogP contribution in [0.5, 0.6) is 0 Å². The number of ether oxygens (including phenoxy) is 1. The second-order valence-corrected chi connectivity index (χ2v) is 9.81. The fourth-order valence-electron chi connectivity index (χ4n) is 4.47. The number of nitrogens with one attached hydrogen (secondary N) is 3. The number of pyridine rings is 1. The predicted molar refractivity (Wildman–Crippen MR) is 143 cm³/mol. The zero-order valence-electron chi connectivity index (χ0n) is 22.1. The van der Waals surface area contributed by atoms with E-state index in [2.05, 4.69) is 27.0 Å². The largest absolute Gasteiger partial charge is 0.459 e. The number of hydrogen-bond acceptors (Lipinski definition) is 8. The van der Waals surface area contributed by atoms with Gasteiger partial charge in [-0.15, -0.1) is 12.3 Å². The summed E-state index contributed by atoms with van der Waals surface area (Å²) in [6.45, 7) is 2.15. The van der Waals surface area contributed by atoms with Crippen molar-refractivity contribution in [1.82, 2.24) is 20.4 Å². The van der Waals surface area contributed by atoms with Gasteiger partial charge in [-0.3, -0.25) is 19.2 Å². The van der Waals surface area contributed by atoms with E-state index in [9.17, 15) is 24.0 Å². The van der Waals surface area contributed by atoms with Gasteiger partial charge < -0.3 is 29.8 Å². The summed E-state index contributed by atoms with van der Waals surface area (Å²) in [4.78, 5) is 63.7. The molecule has 0 radical (unpaired) electrons. The van der Waals surface area contributed by atoms with Crippen LogP contribution >= 0.6 is 0 Å². The lowest BCUT2D eigenvalue weighted by Crippen LogP contribution is -2.43. The molecule has 12 nitrogen and oxygen atoms in total. The minimum atomic E-state index is -1.13. The highest BCUT2D eigenvalue weighted by Gasteiger charge is 2.30. The summed E-state index contributed by atoms with van der Waals surface area (Å²) >= 11 is 0. The molecule has 2 aromatic heterocycles. The molecular weight excluding hydrogens is 518 g/mol. The molecule has 40 heavy (non-hydrogen) atoms. The Balaban J connectivity index is 1.52. The zero-order valence-corrected chi connectivity index (χ0v) is 22.1. The van der Waals surface area contributed by atoms with Gasteiger partial charge in [0.1, 0.15) is 23.6 Å². The van der Waals surface area contributed by atoms with Crippen molar-refractivity contribution < 1.29 is 28.4 Å². The summed E-state index contributed by atoms with van der Waals surface area (Å²) < 4.78 is 11.4. The van der Waals surface area contributed by atoms with Crippen LogP contribution < -0.4 is 21.5 Å². The number of aromatic nitrogens is 2. The molecule has 2 aromatic rings. The highest BCUT2D eigenvalue weighted by atomic mass is 16.5. The normalized spacial score (nSPS) is 18.3. The average Bonchev–Trinajstić information content (AvgIpc) is 3.52. The Hall–Kier alpha value is -4.66. The number of amides is 3. The lowest BCUT2D eigenvalue weighted by molar-refractivity contribution is -0.146. The maximum absolute atomic E-state index is 13.5. The van der Waals surface area contributed by atoms with Crippen molar-refractivity contribution in [2.24, 2.45) is 5.92 Å². The number of carbonyl (C=O) groups excluding carboxylic acids is 4. The van der Waals surface area contributed by atoms with E-state index in [1.807, 2.05) is 0 Å².